The summed E-state index contributed by atoms with van der Waals surface area (Å²) in [6.07, 6.45) is 1.05. The summed E-state index contributed by atoms with van der Waals surface area (Å²) in [7, 11) is 1.78. The van der Waals surface area contributed by atoms with E-state index in [0.717, 1.165) is 70.5 Å². The van der Waals surface area contributed by atoms with Crippen molar-refractivity contribution < 1.29 is 9.13 Å². The second-order valence-corrected chi connectivity index (χ2v) is 6.26. The fraction of sp³-hybridized carbons (Fsp3) is 0.632. The zero-order valence-electron chi connectivity index (χ0n) is 16.4. The van der Waals surface area contributed by atoms with E-state index in [2.05, 4.69) is 25.4 Å². The molecule has 2 rings (SSSR count). The van der Waals surface area contributed by atoms with Gasteiger partial charge >= 0.3 is 0 Å². The van der Waals surface area contributed by atoms with Crippen LogP contribution in [0.15, 0.2) is 29.3 Å². The minimum atomic E-state index is -0.131. The number of rotatable bonds is 9. The molecule has 0 aromatic heterocycles. The lowest BCUT2D eigenvalue weighted by Crippen LogP contribution is -2.47. The van der Waals surface area contributed by atoms with Crippen molar-refractivity contribution in [2.45, 2.75) is 13.3 Å². The first-order valence-electron chi connectivity index (χ1n) is 9.48. The maximum absolute atomic E-state index is 13.9. The maximum Gasteiger partial charge on any atom is 0.191 e. The third-order valence-electron chi connectivity index (χ3n) is 4.48. The second-order valence-electron chi connectivity index (χ2n) is 6.26. The van der Waals surface area contributed by atoms with Crippen molar-refractivity contribution in [3.05, 3.63) is 30.1 Å². The molecule has 0 amide bonds. The SMILES string of the molecule is CCOCCNC(=NC)NCCCN1CCN(c2ccccc2F)CC1.I. The van der Waals surface area contributed by atoms with Crippen molar-refractivity contribution in [3.8, 4) is 0 Å². The van der Waals surface area contributed by atoms with Crippen LogP contribution in [0, 0.1) is 5.82 Å². The average molecular weight is 493 g/mol. The van der Waals surface area contributed by atoms with Crippen LogP contribution in [0.4, 0.5) is 10.1 Å². The van der Waals surface area contributed by atoms with E-state index in [1.165, 1.54) is 6.07 Å². The molecule has 0 atom stereocenters. The first-order chi connectivity index (χ1) is 12.7. The molecule has 0 unspecified atom stereocenters. The fourth-order valence-electron chi connectivity index (χ4n) is 3.04. The second kappa shape index (κ2) is 14.0. The van der Waals surface area contributed by atoms with Gasteiger partial charge in [0, 0.05) is 52.9 Å². The molecular formula is C19H33FIN5O. The number of anilines is 1. The first-order valence-corrected chi connectivity index (χ1v) is 9.48. The lowest BCUT2D eigenvalue weighted by atomic mass is 10.2. The number of benzene rings is 1. The largest absolute Gasteiger partial charge is 0.380 e. The summed E-state index contributed by atoms with van der Waals surface area (Å²) >= 11 is 0. The van der Waals surface area contributed by atoms with Gasteiger partial charge in [0.2, 0.25) is 0 Å². The van der Waals surface area contributed by atoms with Crippen molar-refractivity contribution in [2.24, 2.45) is 4.99 Å². The van der Waals surface area contributed by atoms with Crippen molar-refractivity contribution in [1.82, 2.24) is 15.5 Å². The van der Waals surface area contributed by atoms with Gasteiger partial charge in [-0.15, -0.1) is 24.0 Å². The number of nitrogens with one attached hydrogen (secondary N) is 2. The van der Waals surface area contributed by atoms with Crippen LogP contribution in [0.3, 0.4) is 0 Å². The highest BCUT2D eigenvalue weighted by Crippen LogP contribution is 2.20. The molecule has 2 N–H and O–H groups in total. The Hall–Kier alpha value is -1.13. The van der Waals surface area contributed by atoms with Crippen LogP contribution in [0.5, 0.6) is 0 Å². The highest BCUT2D eigenvalue weighted by atomic mass is 127. The molecule has 1 aromatic carbocycles. The van der Waals surface area contributed by atoms with Crippen molar-refractivity contribution in [3.63, 3.8) is 0 Å². The van der Waals surface area contributed by atoms with Gasteiger partial charge in [-0.25, -0.2) is 4.39 Å². The molecule has 0 spiro atoms. The first kappa shape index (κ1) is 23.9. The number of halogens is 2. The molecule has 0 bridgehead atoms. The third-order valence-corrected chi connectivity index (χ3v) is 4.48. The van der Waals surface area contributed by atoms with E-state index in [1.807, 2.05) is 19.1 Å². The molecule has 1 aliphatic rings. The predicted octanol–water partition coefficient (Wildman–Crippen LogP) is 2.16. The van der Waals surface area contributed by atoms with Crippen LogP contribution in [-0.2, 0) is 4.74 Å². The lowest BCUT2D eigenvalue weighted by Gasteiger charge is -2.36. The molecule has 27 heavy (non-hydrogen) atoms. The Labute approximate surface area is 179 Å². The number of piperazine rings is 1. The van der Waals surface area contributed by atoms with E-state index >= 15 is 0 Å². The summed E-state index contributed by atoms with van der Waals surface area (Å²) in [4.78, 5) is 8.77. The minimum absolute atomic E-state index is 0. The van der Waals surface area contributed by atoms with E-state index < -0.39 is 0 Å². The summed E-state index contributed by atoms with van der Waals surface area (Å²) in [6, 6.07) is 7.02. The summed E-state index contributed by atoms with van der Waals surface area (Å²) in [6.45, 7) is 9.75. The minimum Gasteiger partial charge on any atom is -0.380 e. The average Bonchev–Trinajstić information content (AvgIpc) is 2.68. The number of hydrogen-bond donors (Lipinski definition) is 2. The van der Waals surface area contributed by atoms with E-state index in [9.17, 15) is 4.39 Å². The van der Waals surface area contributed by atoms with Crippen molar-refractivity contribution >= 4 is 35.6 Å². The summed E-state index contributed by atoms with van der Waals surface area (Å²) in [5.74, 6) is 0.683. The van der Waals surface area contributed by atoms with Crippen LogP contribution in [0.25, 0.3) is 0 Å². The van der Waals surface area contributed by atoms with Gasteiger partial charge in [0.25, 0.3) is 0 Å². The van der Waals surface area contributed by atoms with Gasteiger partial charge in [0.15, 0.2) is 5.96 Å². The number of para-hydroxylation sites is 1. The van der Waals surface area contributed by atoms with Gasteiger partial charge in [-0.2, -0.15) is 0 Å². The zero-order chi connectivity index (χ0) is 18.6. The maximum atomic E-state index is 13.9. The third kappa shape index (κ3) is 8.61. The monoisotopic (exact) mass is 493 g/mol. The summed E-state index contributed by atoms with van der Waals surface area (Å²) < 4.78 is 19.2. The summed E-state index contributed by atoms with van der Waals surface area (Å²) in [5, 5.41) is 6.55. The lowest BCUT2D eigenvalue weighted by molar-refractivity contribution is 0.152. The summed E-state index contributed by atoms with van der Waals surface area (Å²) in [5.41, 5.74) is 0.718. The highest BCUT2D eigenvalue weighted by Gasteiger charge is 2.18. The number of hydrogen-bond acceptors (Lipinski definition) is 4. The molecule has 1 fully saturated rings. The van der Waals surface area contributed by atoms with Gasteiger partial charge in [-0.3, -0.25) is 9.89 Å². The van der Waals surface area contributed by atoms with Gasteiger partial charge < -0.3 is 20.3 Å². The quantitative estimate of drug-likeness (QED) is 0.239. The number of ether oxygens (including phenoxy) is 1. The van der Waals surface area contributed by atoms with Gasteiger partial charge in [-0.05, 0) is 32.0 Å². The molecule has 1 heterocycles. The van der Waals surface area contributed by atoms with Crippen LogP contribution >= 0.6 is 24.0 Å². The predicted molar refractivity (Wildman–Crippen MR) is 121 cm³/mol. The zero-order valence-corrected chi connectivity index (χ0v) is 18.7. The topological polar surface area (TPSA) is 52.1 Å². The van der Waals surface area contributed by atoms with Crippen LogP contribution in [-0.4, -0.2) is 76.9 Å². The van der Waals surface area contributed by atoms with Crippen LogP contribution < -0.4 is 15.5 Å². The molecule has 0 aliphatic carbocycles. The standard InChI is InChI=1S/C19H32FN5O.HI/c1-3-26-16-10-23-19(21-2)22-9-6-11-24-12-14-25(15-13-24)18-8-5-4-7-17(18)20;/h4-5,7-8H,3,6,9-16H2,1-2H3,(H2,21,22,23);1H. The molecular weight excluding hydrogens is 460 g/mol. The Morgan fingerprint density at radius 1 is 1.15 bits per heavy atom. The van der Waals surface area contributed by atoms with E-state index in [0.29, 0.717) is 6.61 Å². The normalized spacial score (nSPS) is 15.4. The van der Waals surface area contributed by atoms with Gasteiger partial charge in [0.1, 0.15) is 5.82 Å². The number of guanidine groups is 1. The number of nitrogens with zero attached hydrogens (tertiary/aromatic N) is 3. The molecule has 1 aromatic rings. The van der Waals surface area contributed by atoms with Crippen LogP contribution in [0.1, 0.15) is 13.3 Å². The van der Waals surface area contributed by atoms with Crippen molar-refractivity contribution in [2.75, 3.05) is 71.0 Å². The molecule has 1 saturated heterocycles. The van der Waals surface area contributed by atoms with Crippen molar-refractivity contribution in [1.29, 1.82) is 0 Å². The molecule has 6 nitrogen and oxygen atoms in total. The Kier molecular flexibility index (Phi) is 12.4. The fourth-order valence-corrected chi connectivity index (χ4v) is 3.04. The van der Waals surface area contributed by atoms with Gasteiger partial charge in [-0.1, -0.05) is 12.1 Å². The Balaban J connectivity index is 0.00000364. The highest BCUT2D eigenvalue weighted by molar-refractivity contribution is 14.0. The van der Waals surface area contributed by atoms with Crippen LogP contribution in [0.2, 0.25) is 0 Å². The van der Waals surface area contributed by atoms with E-state index in [1.54, 1.807) is 13.1 Å². The Morgan fingerprint density at radius 3 is 2.52 bits per heavy atom. The Morgan fingerprint density at radius 2 is 1.85 bits per heavy atom. The number of aliphatic imine (C=N–C) groups is 1. The molecule has 1 aliphatic heterocycles. The molecule has 0 saturated carbocycles. The van der Waals surface area contributed by atoms with E-state index in [4.69, 9.17) is 4.74 Å². The molecule has 0 radical (unpaired) electrons. The van der Waals surface area contributed by atoms with Gasteiger partial charge in [0.05, 0.1) is 12.3 Å². The molecule has 154 valence electrons. The molecule has 8 heteroatoms. The van der Waals surface area contributed by atoms with E-state index in [-0.39, 0.29) is 29.8 Å². The smallest absolute Gasteiger partial charge is 0.191 e. The Bertz CT molecular complexity index is 553.